The number of amides is 3. The summed E-state index contributed by atoms with van der Waals surface area (Å²) in [6, 6.07) is 10.7. The molecule has 5 rings (SSSR count). The second-order valence-electron chi connectivity index (χ2n) is 11.8. The minimum atomic E-state index is -0.245. The molecule has 1 saturated carbocycles. The Bertz CT molecular complexity index is 1320. The van der Waals surface area contributed by atoms with Crippen molar-refractivity contribution in [1.29, 1.82) is 0 Å². The third-order valence-electron chi connectivity index (χ3n) is 9.11. The number of halogens is 3. The molecule has 3 aliphatic rings. The zero-order valence-electron chi connectivity index (χ0n) is 23.3. The van der Waals surface area contributed by atoms with Gasteiger partial charge in [-0.1, -0.05) is 54.7 Å². The lowest BCUT2D eigenvalue weighted by Crippen LogP contribution is -2.46. The van der Waals surface area contributed by atoms with Gasteiger partial charge in [0.2, 0.25) is 11.8 Å². The molecule has 6 nitrogen and oxygen atoms in total. The molecule has 0 radical (unpaired) electrons. The van der Waals surface area contributed by atoms with E-state index in [1.165, 1.54) is 0 Å². The molecule has 0 unspecified atom stereocenters. The van der Waals surface area contributed by atoms with Gasteiger partial charge in [-0.3, -0.25) is 14.4 Å². The highest BCUT2D eigenvalue weighted by Gasteiger charge is 2.48. The van der Waals surface area contributed by atoms with Crippen LogP contribution in [0.1, 0.15) is 66.9 Å². The standard InChI is InChI=1S/C31H36Cl3N3O3/c1-4-19-15-22(6-7-24(19)32)28(38)35(3)27-18-37(17-23(27)21-5-8-25(33)26(34)16-21)29(39)20-9-13-36(14-10-20)30(40)31(2)11-12-31/h5-8,15-16,20,23,27H,4,9-14,17-18H2,1-3H3/t23-,27+/m1/s1. The minimum Gasteiger partial charge on any atom is -0.342 e. The molecule has 3 amide bonds. The van der Waals surface area contributed by atoms with Gasteiger partial charge in [-0.05, 0) is 73.6 Å². The summed E-state index contributed by atoms with van der Waals surface area (Å²) in [6.07, 6.45) is 3.97. The number of carbonyl (C=O) groups excluding carboxylic acids is 3. The van der Waals surface area contributed by atoms with Crippen molar-refractivity contribution >= 4 is 52.5 Å². The molecule has 9 heteroatoms. The highest BCUT2D eigenvalue weighted by molar-refractivity contribution is 6.42. The first-order chi connectivity index (χ1) is 19.0. The normalized spacial score (nSPS) is 22.4. The van der Waals surface area contributed by atoms with E-state index in [1.54, 1.807) is 30.1 Å². The molecule has 2 aromatic carbocycles. The third kappa shape index (κ3) is 5.73. The molecule has 2 atom stereocenters. The Morgan fingerprint density at radius 3 is 2.23 bits per heavy atom. The van der Waals surface area contributed by atoms with Gasteiger partial charge in [0.15, 0.2) is 0 Å². The van der Waals surface area contributed by atoms with Crippen molar-refractivity contribution in [2.24, 2.45) is 11.3 Å². The number of piperidine rings is 1. The number of hydrogen-bond acceptors (Lipinski definition) is 3. The van der Waals surface area contributed by atoms with Crippen molar-refractivity contribution in [3.05, 3.63) is 68.2 Å². The number of benzene rings is 2. The molecule has 214 valence electrons. The van der Waals surface area contributed by atoms with Crippen LogP contribution in [0, 0.1) is 11.3 Å². The molecule has 3 fully saturated rings. The molecule has 2 saturated heterocycles. The highest BCUT2D eigenvalue weighted by Crippen LogP contribution is 2.47. The van der Waals surface area contributed by atoms with Crippen LogP contribution in [0.3, 0.4) is 0 Å². The lowest BCUT2D eigenvalue weighted by Gasteiger charge is -2.34. The second kappa shape index (κ2) is 11.5. The summed E-state index contributed by atoms with van der Waals surface area (Å²) in [5, 5.41) is 1.56. The maximum Gasteiger partial charge on any atom is 0.253 e. The van der Waals surface area contributed by atoms with Gasteiger partial charge in [-0.15, -0.1) is 0 Å². The molecule has 2 aliphatic heterocycles. The SMILES string of the molecule is CCc1cc(C(=O)N(C)[C@H]2CN(C(=O)C3CCN(C(=O)C4(C)CC4)CC3)C[C@@H]2c2ccc(Cl)c(Cl)c2)ccc1Cl. The van der Waals surface area contributed by atoms with Crippen LogP contribution in [-0.4, -0.2) is 71.7 Å². The predicted octanol–water partition coefficient (Wildman–Crippen LogP) is 6.31. The molecular formula is C31H36Cl3N3O3. The number of likely N-dealkylation sites (tertiary alicyclic amines) is 2. The smallest absolute Gasteiger partial charge is 0.253 e. The Hall–Kier alpha value is -2.28. The van der Waals surface area contributed by atoms with Crippen LogP contribution in [0.5, 0.6) is 0 Å². The van der Waals surface area contributed by atoms with E-state index in [0.29, 0.717) is 59.7 Å². The van der Waals surface area contributed by atoms with Gasteiger partial charge in [0, 0.05) is 61.1 Å². The lowest BCUT2D eigenvalue weighted by molar-refractivity contribution is -0.142. The van der Waals surface area contributed by atoms with Gasteiger partial charge in [0.1, 0.15) is 0 Å². The number of likely N-dealkylation sites (N-methyl/N-ethyl adjacent to an activating group) is 1. The van der Waals surface area contributed by atoms with Gasteiger partial charge in [-0.2, -0.15) is 0 Å². The van der Waals surface area contributed by atoms with Crippen LogP contribution in [0.15, 0.2) is 36.4 Å². The molecule has 0 N–H and O–H groups in total. The summed E-state index contributed by atoms with van der Waals surface area (Å²) in [6.45, 7) is 6.19. The monoisotopic (exact) mass is 603 g/mol. The van der Waals surface area contributed by atoms with Crippen LogP contribution >= 0.6 is 34.8 Å². The number of aryl methyl sites for hydroxylation is 1. The van der Waals surface area contributed by atoms with Gasteiger partial charge in [0.05, 0.1) is 16.1 Å². The van der Waals surface area contributed by atoms with Crippen molar-refractivity contribution in [3.63, 3.8) is 0 Å². The van der Waals surface area contributed by atoms with Crippen molar-refractivity contribution in [2.75, 3.05) is 33.2 Å². The van der Waals surface area contributed by atoms with Crippen molar-refractivity contribution in [1.82, 2.24) is 14.7 Å². The van der Waals surface area contributed by atoms with Crippen molar-refractivity contribution in [3.8, 4) is 0 Å². The largest absolute Gasteiger partial charge is 0.342 e. The number of nitrogens with zero attached hydrogens (tertiary/aromatic N) is 3. The average molecular weight is 605 g/mol. The second-order valence-corrected chi connectivity index (χ2v) is 13.0. The van der Waals surface area contributed by atoms with E-state index >= 15 is 0 Å². The van der Waals surface area contributed by atoms with E-state index in [0.717, 1.165) is 30.4 Å². The highest BCUT2D eigenvalue weighted by atomic mass is 35.5. The summed E-state index contributed by atoms with van der Waals surface area (Å²) < 4.78 is 0. The van der Waals surface area contributed by atoms with Crippen LogP contribution in [0.2, 0.25) is 15.1 Å². The van der Waals surface area contributed by atoms with Gasteiger partial charge >= 0.3 is 0 Å². The Labute approximate surface area is 251 Å². The summed E-state index contributed by atoms with van der Waals surface area (Å²) in [5.74, 6) is -0.0438. The summed E-state index contributed by atoms with van der Waals surface area (Å²) in [7, 11) is 1.80. The Morgan fingerprint density at radius 1 is 0.925 bits per heavy atom. The molecular weight excluding hydrogens is 569 g/mol. The molecule has 0 bridgehead atoms. The van der Waals surface area contributed by atoms with Crippen molar-refractivity contribution < 1.29 is 14.4 Å². The van der Waals surface area contributed by atoms with Crippen LogP contribution in [0.4, 0.5) is 0 Å². The van der Waals surface area contributed by atoms with Crippen LogP contribution in [0.25, 0.3) is 0 Å². The van der Waals surface area contributed by atoms with Crippen molar-refractivity contribution in [2.45, 2.75) is 57.9 Å². The number of rotatable bonds is 6. The van der Waals surface area contributed by atoms with Gasteiger partial charge in [0.25, 0.3) is 5.91 Å². The first kappa shape index (κ1) is 29.2. The summed E-state index contributed by atoms with van der Waals surface area (Å²) >= 11 is 18.9. The lowest BCUT2D eigenvalue weighted by atomic mass is 9.92. The molecule has 2 heterocycles. The average Bonchev–Trinajstić information content (AvgIpc) is 3.56. The Balaban J connectivity index is 1.34. The first-order valence-electron chi connectivity index (χ1n) is 14.1. The van der Waals surface area contributed by atoms with E-state index in [9.17, 15) is 14.4 Å². The maximum absolute atomic E-state index is 13.8. The van der Waals surface area contributed by atoms with Crippen LogP contribution in [-0.2, 0) is 16.0 Å². The van der Waals surface area contributed by atoms with E-state index in [2.05, 4.69) is 0 Å². The fraction of sp³-hybridized carbons (Fsp3) is 0.516. The van der Waals surface area contributed by atoms with Gasteiger partial charge in [-0.25, -0.2) is 0 Å². The van der Waals surface area contributed by atoms with Crippen LogP contribution < -0.4 is 0 Å². The molecule has 0 spiro atoms. The first-order valence-corrected chi connectivity index (χ1v) is 15.2. The number of hydrogen-bond donors (Lipinski definition) is 0. The minimum absolute atomic E-state index is 0.0953. The van der Waals surface area contributed by atoms with E-state index < -0.39 is 0 Å². The fourth-order valence-corrected chi connectivity index (χ4v) is 6.69. The topological polar surface area (TPSA) is 60.9 Å². The molecule has 40 heavy (non-hydrogen) atoms. The van der Waals surface area contributed by atoms with E-state index in [-0.39, 0.29) is 41.0 Å². The van der Waals surface area contributed by atoms with E-state index in [4.69, 9.17) is 34.8 Å². The molecule has 2 aromatic rings. The zero-order chi connectivity index (χ0) is 28.8. The number of carbonyl (C=O) groups is 3. The fourth-order valence-electron chi connectivity index (χ4n) is 6.13. The summed E-state index contributed by atoms with van der Waals surface area (Å²) in [5.41, 5.74) is 2.25. The Kier molecular flexibility index (Phi) is 8.43. The summed E-state index contributed by atoms with van der Waals surface area (Å²) in [4.78, 5) is 45.8. The van der Waals surface area contributed by atoms with E-state index in [1.807, 2.05) is 41.8 Å². The molecule has 1 aliphatic carbocycles. The third-order valence-corrected chi connectivity index (χ3v) is 10.2. The van der Waals surface area contributed by atoms with Gasteiger partial charge < -0.3 is 14.7 Å². The zero-order valence-corrected chi connectivity index (χ0v) is 25.5. The Morgan fingerprint density at radius 2 is 1.60 bits per heavy atom. The quantitative estimate of drug-likeness (QED) is 0.388. The maximum atomic E-state index is 13.8. The molecule has 0 aromatic heterocycles. The predicted molar refractivity (Wildman–Crippen MR) is 159 cm³/mol.